The molecule has 0 spiro atoms. The summed E-state index contributed by atoms with van der Waals surface area (Å²) >= 11 is 0. The second-order valence-electron chi connectivity index (χ2n) is 5.40. The summed E-state index contributed by atoms with van der Waals surface area (Å²) in [6.07, 6.45) is 4.10. The molecule has 2 heteroatoms. The van der Waals surface area contributed by atoms with Crippen molar-refractivity contribution >= 4 is 5.78 Å². The van der Waals surface area contributed by atoms with Crippen LogP contribution in [-0.2, 0) is 6.42 Å². The molecule has 21 heavy (non-hydrogen) atoms. The fourth-order valence-electron chi connectivity index (χ4n) is 2.39. The number of benzene rings is 2. The zero-order chi connectivity index (χ0) is 15.2. The van der Waals surface area contributed by atoms with Crippen LogP contribution < -0.4 is 0 Å². The Hall–Kier alpha value is -1.96. The van der Waals surface area contributed by atoms with E-state index in [0.717, 1.165) is 42.4 Å². The summed E-state index contributed by atoms with van der Waals surface area (Å²) in [6.45, 7) is 3.68. The average molecular weight is 284 g/mol. The average Bonchev–Trinajstić information content (AvgIpc) is 2.49. The number of hydrogen-bond donors (Lipinski definition) is 0. The van der Waals surface area contributed by atoms with Gasteiger partial charge in [0.15, 0.2) is 5.78 Å². The van der Waals surface area contributed by atoms with Crippen molar-refractivity contribution in [3.8, 4) is 11.1 Å². The van der Waals surface area contributed by atoms with Gasteiger partial charge in [0, 0.05) is 5.56 Å². The fourth-order valence-corrected chi connectivity index (χ4v) is 2.39. The second-order valence-corrected chi connectivity index (χ2v) is 5.40. The summed E-state index contributed by atoms with van der Waals surface area (Å²) in [5, 5.41) is 0. The number of ketones is 1. The third-order valence-corrected chi connectivity index (χ3v) is 3.73. The molecule has 0 N–H and O–H groups in total. The van der Waals surface area contributed by atoms with Crippen LogP contribution in [-0.4, -0.2) is 5.78 Å². The summed E-state index contributed by atoms with van der Waals surface area (Å²) < 4.78 is 14.1. The van der Waals surface area contributed by atoms with E-state index >= 15 is 0 Å². The molecule has 0 aromatic heterocycles. The summed E-state index contributed by atoms with van der Waals surface area (Å²) in [7, 11) is 0. The largest absolute Gasteiger partial charge is 0.295 e. The summed E-state index contributed by atoms with van der Waals surface area (Å²) in [5.41, 5.74) is 3.24. The van der Waals surface area contributed by atoms with Crippen molar-refractivity contribution in [3.05, 3.63) is 59.4 Å². The molecule has 0 saturated carbocycles. The van der Waals surface area contributed by atoms with Crippen LogP contribution in [0.4, 0.5) is 4.39 Å². The minimum atomic E-state index is -0.140. The molecular weight excluding hydrogens is 263 g/mol. The van der Waals surface area contributed by atoms with Crippen molar-refractivity contribution < 1.29 is 9.18 Å². The van der Waals surface area contributed by atoms with Gasteiger partial charge >= 0.3 is 0 Å². The molecule has 0 fully saturated rings. The molecular formula is C19H21FO. The predicted octanol–water partition coefficient (Wildman–Crippen LogP) is 5.43. The normalized spacial score (nSPS) is 10.6. The van der Waals surface area contributed by atoms with Crippen molar-refractivity contribution in [2.75, 3.05) is 0 Å². The van der Waals surface area contributed by atoms with Crippen LogP contribution in [0, 0.1) is 5.82 Å². The van der Waals surface area contributed by atoms with Gasteiger partial charge in [-0.2, -0.15) is 0 Å². The molecule has 0 aliphatic heterocycles. The van der Waals surface area contributed by atoms with Gasteiger partial charge in [0.05, 0.1) is 0 Å². The Morgan fingerprint density at radius 3 is 2.24 bits per heavy atom. The maximum atomic E-state index is 14.1. The standard InChI is InChI=1S/C19H21FO/c1-3-4-5-6-17-11-12-18(13-19(17)20)16-9-7-15(8-10-16)14(2)21/h7-13H,3-6H2,1-2H3. The van der Waals surface area contributed by atoms with Crippen molar-refractivity contribution in [1.29, 1.82) is 0 Å². The molecule has 0 aliphatic rings. The topological polar surface area (TPSA) is 17.1 Å². The van der Waals surface area contributed by atoms with E-state index in [2.05, 4.69) is 6.92 Å². The van der Waals surface area contributed by atoms with E-state index in [1.807, 2.05) is 24.3 Å². The van der Waals surface area contributed by atoms with E-state index in [1.165, 1.54) is 0 Å². The molecule has 110 valence electrons. The molecule has 0 bridgehead atoms. The van der Waals surface area contributed by atoms with Crippen LogP contribution in [0.5, 0.6) is 0 Å². The molecule has 0 heterocycles. The van der Waals surface area contributed by atoms with Crippen molar-refractivity contribution in [2.45, 2.75) is 39.5 Å². The maximum absolute atomic E-state index is 14.1. The molecule has 0 radical (unpaired) electrons. The first-order chi connectivity index (χ1) is 10.1. The highest BCUT2D eigenvalue weighted by Crippen LogP contribution is 2.23. The van der Waals surface area contributed by atoms with Gasteiger partial charge in [-0.25, -0.2) is 4.39 Å². The van der Waals surface area contributed by atoms with Gasteiger partial charge in [0.1, 0.15) is 5.82 Å². The smallest absolute Gasteiger partial charge is 0.159 e. The zero-order valence-corrected chi connectivity index (χ0v) is 12.7. The number of Topliss-reactive ketones (excluding diaryl/α,β-unsaturated/α-hetero) is 1. The van der Waals surface area contributed by atoms with Gasteiger partial charge in [0.25, 0.3) is 0 Å². The first-order valence-corrected chi connectivity index (χ1v) is 7.51. The first kappa shape index (κ1) is 15.4. The van der Waals surface area contributed by atoms with E-state index in [-0.39, 0.29) is 11.6 Å². The van der Waals surface area contributed by atoms with Crippen LogP contribution in [0.25, 0.3) is 11.1 Å². The molecule has 2 aromatic rings. The SMILES string of the molecule is CCCCCc1ccc(-c2ccc(C(C)=O)cc2)cc1F. The van der Waals surface area contributed by atoms with Crippen LogP contribution in [0.2, 0.25) is 0 Å². The van der Waals surface area contributed by atoms with Gasteiger partial charge in [-0.3, -0.25) is 4.79 Å². The van der Waals surface area contributed by atoms with Gasteiger partial charge < -0.3 is 0 Å². The van der Waals surface area contributed by atoms with E-state index in [9.17, 15) is 9.18 Å². The molecule has 0 aliphatic carbocycles. The summed E-state index contributed by atoms with van der Waals surface area (Å²) in [6, 6.07) is 12.7. The monoisotopic (exact) mass is 284 g/mol. The Bertz CT molecular complexity index is 614. The predicted molar refractivity (Wildman–Crippen MR) is 85.1 cm³/mol. The number of carbonyl (C=O) groups excluding carboxylic acids is 1. The molecule has 0 atom stereocenters. The Labute approximate surface area is 125 Å². The fraction of sp³-hybridized carbons (Fsp3) is 0.316. The Morgan fingerprint density at radius 1 is 1.00 bits per heavy atom. The summed E-state index contributed by atoms with van der Waals surface area (Å²) in [4.78, 5) is 11.3. The van der Waals surface area contributed by atoms with Crippen LogP contribution in [0.3, 0.4) is 0 Å². The summed E-state index contributed by atoms with van der Waals surface area (Å²) in [5.74, 6) is -0.0988. The number of halogens is 1. The molecule has 0 unspecified atom stereocenters. The lowest BCUT2D eigenvalue weighted by Crippen LogP contribution is -1.93. The molecule has 2 aromatic carbocycles. The minimum absolute atomic E-state index is 0.0407. The maximum Gasteiger partial charge on any atom is 0.159 e. The number of carbonyl (C=O) groups is 1. The van der Waals surface area contributed by atoms with Gasteiger partial charge in [-0.15, -0.1) is 0 Å². The Kier molecular flexibility index (Phi) is 5.26. The van der Waals surface area contributed by atoms with Crippen molar-refractivity contribution in [1.82, 2.24) is 0 Å². The minimum Gasteiger partial charge on any atom is -0.295 e. The Balaban J connectivity index is 2.17. The van der Waals surface area contributed by atoms with Gasteiger partial charge in [-0.1, -0.05) is 56.2 Å². The lowest BCUT2D eigenvalue weighted by Gasteiger charge is -2.07. The van der Waals surface area contributed by atoms with Crippen LogP contribution >= 0.6 is 0 Å². The van der Waals surface area contributed by atoms with Crippen LogP contribution in [0.15, 0.2) is 42.5 Å². The number of unbranched alkanes of at least 4 members (excludes halogenated alkanes) is 2. The third-order valence-electron chi connectivity index (χ3n) is 3.73. The molecule has 2 rings (SSSR count). The lowest BCUT2D eigenvalue weighted by atomic mass is 9.99. The molecule has 1 nitrogen and oxygen atoms in total. The number of rotatable bonds is 6. The Morgan fingerprint density at radius 2 is 1.67 bits per heavy atom. The van der Waals surface area contributed by atoms with Crippen LogP contribution in [0.1, 0.15) is 49.0 Å². The highest BCUT2D eigenvalue weighted by molar-refractivity contribution is 5.94. The molecule has 0 amide bonds. The second kappa shape index (κ2) is 7.16. The van der Waals surface area contributed by atoms with E-state index in [0.29, 0.717) is 5.56 Å². The number of hydrogen-bond acceptors (Lipinski definition) is 1. The third kappa shape index (κ3) is 4.01. The highest BCUT2D eigenvalue weighted by Gasteiger charge is 2.06. The number of aryl methyl sites for hydroxylation is 1. The van der Waals surface area contributed by atoms with Gasteiger partial charge in [-0.05, 0) is 42.5 Å². The van der Waals surface area contributed by atoms with E-state index in [4.69, 9.17) is 0 Å². The zero-order valence-electron chi connectivity index (χ0n) is 12.7. The highest BCUT2D eigenvalue weighted by atomic mass is 19.1. The quantitative estimate of drug-likeness (QED) is 0.510. The van der Waals surface area contributed by atoms with Crippen molar-refractivity contribution in [3.63, 3.8) is 0 Å². The van der Waals surface area contributed by atoms with Gasteiger partial charge in [0.2, 0.25) is 0 Å². The van der Waals surface area contributed by atoms with E-state index < -0.39 is 0 Å². The lowest BCUT2D eigenvalue weighted by molar-refractivity contribution is 0.101. The van der Waals surface area contributed by atoms with Crippen molar-refractivity contribution in [2.24, 2.45) is 0 Å². The van der Waals surface area contributed by atoms with E-state index in [1.54, 1.807) is 25.1 Å². The first-order valence-electron chi connectivity index (χ1n) is 7.51. The molecule has 0 saturated heterocycles.